The van der Waals surface area contributed by atoms with Gasteiger partial charge >= 0.3 is 5.97 Å². The fraction of sp³-hybridized carbons (Fsp3) is 0.467. The van der Waals surface area contributed by atoms with Crippen molar-refractivity contribution in [1.82, 2.24) is 10.3 Å². The molecule has 1 heterocycles. The third kappa shape index (κ3) is 6.42. The van der Waals surface area contributed by atoms with Gasteiger partial charge in [-0.05, 0) is 75.8 Å². The molecule has 1 aliphatic carbocycles. The van der Waals surface area contributed by atoms with E-state index in [1.165, 1.54) is 12.5 Å². The number of carbonyl (C=O) groups is 1. The number of benzene rings is 2. The number of H-pyrrole nitrogens is 1. The molecule has 2 aromatic carbocycles. The van der Waals surface area contributed by atoms with Crippen molar-refractivity contribution in [3.63, 3.8) is 0 Å². The maximum atomic E-state index is 12.7. The van der Waals surface area contributed by atoms with Crippen LogP contribution in [0, 0.1) is 5.92 Å². The lowest BCUT2D eigenvalue weighted by molar-refractivity contribution is -0.139. The second kappa shape index (κ2) is 11.8. The van der Waals surface area contributed by atoms with E-state index in [0.717, 1.165) is 68.0 Å². The zero-order chi connectivity index (χ0) is 25.5. The van der Waals surface area contributed by atoms with Crippen molar-refractivity contribution in [3.05, 3.63) is 76.1 Å². The van der Waals surface area contributed by atoms with Gasteiger partial charge in [0.1, 0.15) is 0 Å². The predicted octanol–water partition coefficient (Wildman–Crippen LogP) is 5.44. The van der Waals surface area contributed by atoms with Gasteiger partial charge in [0.05, 0.1) is 17.5 Å². The van der Waals surface area contributed by atoms with Crippen LogP contribution in [0.3, 0.4) is 0 Å². The summed E-state index contributed by atoms with van der Waals surface area (Å²) in [5.74, 6) is 0.182. The Morgan fingerprint density at radius 1 is 1.06 bits per heavy atom. The molecule has 6 nitrogen and oxygen atoms in total. The number of esters is 1. The molecule has 0 amide bonds. The van der Waals surface area contributed by atoms with Gasteiger partial charge < -0.3 is 20.1 Å². The Balaban J connectivity index is 1.36. The molecule has 0 saturated heterocycles. The van der Waals surface area contributed by atoms with Crippen LogP contribution >= 0.6 is 0 Å². The Bertz CT molecular complexity index is 1210. The number of unbranched alkanes of at least 4 members (excludes halogenated alkanes) is 1. The average molecular weight is 491 g/mol. The molecule has 1 unspecified atom stereocenters. The van der Waals surface area contributed by atoms with Crippen molar-refractivity contribution in [1.29, 1.82) is 0 Å². The minimum Gasteiger partial charge on any atom is -0.424 e. The van der Waals surface area contributed by atoms with Crippen LogP contribution in [0.5, 0.6) is 5.75 Å². The SMILES string of the molecule is CC(C)(NCCCCc1ccc(OC(=O)C2CCCCC2)c2[nH]c(=O)ccc12)C(O)c1ccccc1. The number of aliphatic hydroxyl groups excluding tert-OH is 1. The van der Waals surface area contributed by atoms with E-state index >= 15 is 0 Å². The van der Waals surface area contributed by atoms with E-state index in [1.807, 2.05) is 62.4 Å². The molecule has 6 heteroatoms. The van der Waals surface area contributed by atoms with E-state index in [0.29, 0.717) is 11.3 Å². The first-order valence-corrected chi connectivity index (χ1v) is 13.2. The number of rotatable bonds is 10. The van der Waals surface area contributed by atoms with Gasteiger partial charge in [0.15, 0.2) is 5.75 Å². The molecule has 0 spiro atoms. The molecule has 1 aromatic heterocycles. The molecule has 0 bridgehead atoms. The fourth-order valence-electron chi connectivity index (χ4n) is 5.12. The van der Waals surface area contributed by atoms with Crippen molar-refractivity contribution in [3.8, 4) is 5.75 Å². The Kier molecular flexibility index (Phi) is 8.60. The summed E-state index contributed by atoms with van der Waals surface area (Å²) in [4.78, 5) is 27.6. The number of pyridine rings is 1. The number of aliphatic hydroxyl groups is 1. The summed E-state index contributed by atoms with van der Waals surface area (Å²) in [7, 11) is 0. The molecule has 1 atom stereocenters. The summed E-state index contributed by atoms with van der Waals surface area (Å²) >= 11 is 0. The summed E-state index contributed by atoms with van der Waals surface area (Å²) in [6.45, 7) is 4.81. The Morgan fingerprint density at radius 2 is 1.81 bits per heavy atom. The number of fused-ring (bicyclic) bond motifs is 1. The topological polar surface area (TPSA) is 91.4 Å². The third-order valence-electron chi connectivity index (χ3n) is 7.35. The molecule has 1 aliphatic rings. The Hall–Kier alpha value is -2.96. The lowest BCUT2D eigenvalue weighted by atomic mass is 9.89. The van der Waals surface area contributed by atoms with Crippen LogP contribution in [0.1, 0.15) is 76.0 Å². The molecule has 0 radical (unpaired) electrons. The lowest BCUT2D eigenvalue weighted by Gasteiger charge is -2.32. The number of carbonyl (C=O) groups excluding carboxylic acids is 1. The minimum absolute atomic E-state index is 0.0546. The summed E-state index contributed by atoms with van der Waals surface area (Å²) in [6, 6.07) is 16.9. The van der Waals surface area contributed by atoms with Crippen molar-refractivity contribution in [2.45, 2.75) is 76.9 Å². The van der Waals surface area contributed by atoms with Gasteiger partial charge in [-0.3, -0.25) is 9.59 Å². The normalized spacial score (nSPS) is 15.6. The number of aromatic nitrogens is 1. The molecule has 4 rings (SSSR count). The predicted molar refractivity (Wildman–Crippen MR) is 143 cm³/mol. The summed E-state index contributed by atoms with van der Waals surface area (Å²) in [6.07, 6.45) is 7.17. The van der Waals surface area contributed by atoms with Crippen LogP contribution in [-0.2, 0) is 11.2 Å². The van der Waals surface area contributed by atoms with E-state index in [-0.39, 0.29) is 17.4 Å². The molecule has 1 saturated carbocycles. The molecular weight excluding hydrogens is 452 g/mol. The van der Waals surface area contributed by atoms with Gasteiger partial charge in [-0.1, -0.05) is 55.7 Å². The van der Waals surface area contributed by atoms with Crippen LogP contribution in [0.2, 0.25) is 0 Å². The largest absolute Gasteiger partial charge is 0.424 e. The van der Waals surface area contributed by atoms with Crippen molar-refractivity contribution in [2.75, 3.05) is 6.54 Å². The third-order valence-corrected chi connectivity index (χ3v) is 7.35. The van der Waals surface area contributed by atoms with E-state index in [9.17, 15) is 14.7 Å². The highest BCUT2D eigenvalue weighted by Crippen LogP contribution is 2.30. The molecule has 3 N–H and O–H groups in total. The maximum Gasteiger partial charge on any atom is 0.314 e. The summed E-state index contributed by atoms with van der Waals surface area (Å²) in [5.41, 5.74) is 1.95. The lowest BCUT2D eigenvalue weighted by Crippen LogP contribution is -2.45. The van der Waals surface area contributed by atoms with Crippen LogP contribution in [0.15, 0.2) is 59.4 Å². The van der Waals surface area contributed by atoms with Gasteiger partial charge in [-0.2, -0.15) is 0 Å². The average Bonchev–Trinajstić information content (AvgIpc) is 2.90. The van der Waals surface area contributed by atoms with E-state index in [1.54, 1.807) is 0 Å². The molecule has 3 aromatic rings. The first-order valence-electron chi connectivity index (χ1n) is 13.2. The first-order chi connectivity index (χ1) is 17.3. The number of hydrogen-bond donors (Lipinski definition) is 3. The molecule has 192 valence electrons. The zero-order valence-electron chi connectivity index (χ0n) is 21.4. The van der Waals surface area contributed by atoms with E-state index in [4.69, 9.17) is 4.74 Å². The number of hydrogen-bond acceptors (Lipinski definition) is 5. The van der Waals surface area contributed by atoms with Crippen molar-refractivity contribution >= 4 is 16.9 Å². The Morgan fingerprint density at radius 3 is 2.56 bits per heavy atom. The first kappa shape index (κ1) is 26.1. The standard InChI is InChI=1S/C30H38N2O4/c1-30(2,28(34)22-12-5-3-6-13-22)31-20-10-9-11-21-16-18-25(27-24(21)17-19-26(33)32-27)36-29(35)23-14-7-4-8-15-23/h3,5-6,12-13,16-19,23,28,31,34H,4,7-11,14-15,20H2,1-2H3,(H,32,33). The number of nitrogens with one attached hydrogen (secondary N) is 2. The second-order valence-electron chi connectivity index (χ2n) is 10.5. The molecular formula is C30H38N2O4. The number of ether oxygens (including phenoxy) is 1. The van der Waals surface area contributed by atoms with Crippen LogP contribution in [0.4, 0.5) is 0 Å². The van der Waals surface area contributed by atoms with Gasteiger partial charge in [-0.25, -0.2) is 0 Å². The van der Waals surface area contributed by atoms with Gasteiger partial charge in [0, 0.05) is 17.0 Å². The highest BCUT2D eigenvalue weighted by atomic mass is 16.5. The second-order valence-corrected chi connectivity index (χ2v) is 10.5. The zero-order valence-corrected chi connectivity index (χ0v) is 21.4. The van der Waals surface area contributed by atoms with E-state index in [2.05, 4.69) is 10.3 Å². The molecule has 0 aliphatic heterocycles. The van der Waals surface area contributed by atoms with Gasteiger partial charge in [0.2, 0.25) is 5.56 Å². The summed E-state index contributed by atoms with van der Waals surface area (Å²) < 4.78 is 5.77. The number of aryl methyl sites for hydroxylation is 1. The van der Waals surface area contributed by atoms with E-state index < -0.39 is 11.6 Å². The van der Waals surface area contributed by atoms with Gasteiger partial charge in [0.25, 0.3) is 0 Å². The summed E-state index contributed by atoms with van der Waals surface area (Å²) in [5, 5.41) is 15.2. The smallest absolute Gasteiger partial charge is 0.314 e. The number of aromatic amines is 1. The minimum atomic E-state index is -0.594. The van der Waals surface area contributed by atoms with Crippen LogP contribution < -0.4 is 15.6 Å². The van der Waals surface area contributed by atoms with Crippen LogP contribution in [0.25, 0.3) is 10.9 Å². The molecule has 1 fully saturated rings. The quantitative estimate of drug-likeness (QED) is 0.200. The Labute approximate surface area is 213 Å². The fourth-order valence-corrected chi connectivity index (χ4v) is 5.12. The van der Waals surface area contributed by atoms with Gasteiger partial charge in [-0.15, -0.1) is 0 Å². The van der Waals surface area contributed by atoms with Crippen LogP contribution in [-0.4, -0.2) is 28.1 Å². The maximum absolute atomic E-state index is 12.7. The highest BCUT2D eigenvalue weighted by molar-refractivity contribution is 5.90. The van der Waals surface area contributed by atoms with Crippen molar-refractivity contribution < 1.29 is 14.6 Å². The van der Waals surface area contributed by atoms with Crippen molar-refractivity contribution in [2.24, 2.45) is 5.92 Å². The molecule has 36 heavy (non-hydrogen) atoms. The monoisotopic (exact) mass is 490 g/mol. The highest BCUT2D eigenvalue weighted by Gasteiger charge is 2.28.